The lowest BCUT2D eigenvalue weighted by atomic mass is 9.81. The Kier molecular flexibility index (Phi) is 7.09. The van der Waals surface area contributed by atoms with Crippen LogP contribution in [0.3, 0.4) is 0 Å². The van der Waals surface area contributed by atoms with Crippen molar-refractivity contribution in [2.45, 2.75) is 52.4 Å². The van der Waals surface area contributed by atoms with Crippen LogP contribution in [0.4, 0.5) is 19.3 Å². The Balaban J connectivity index is 1.50. The Morgan fingerprint density at radius 3 is 2.76 bits per heavy atom. The van der Waals surface area contributed by atoms with Crippen LogP contribution in [0.2, 0.25) is 5.02 Å². The molecule has 2 aliphatic rings. The standard InChI is InChI=1S/C27H33ClF2N2O2/c1-18(2)8-12-34-25(33)32-11-10-27(17-32)16-26(27,15-20-14-21(29)4-5-23(20)30)9-7-19-3-6-24(31)22(28)13-19/h3-6,13-14,18H,7-12,15-17,31H2,1-2H3/t26-,27?/m1/s1. The molecule has 1 unspecified atom stereocenters. The van der Waals surface area contributed by atoms with E-state index in [9.17, 15) is 13.6 Å². The fourth-order valence-corrected chi connectivity index (χ4v) is 5.73. The van der Waals surface area contributed by atoms with Gasteiger partial charge >= 0.3 is 6.09 Å². The Labute approximate surface area is 205 Å². The minimum atomic E-state index is -0.437. The number of carbonyl (C=O) groups is 1. The van der Waals surface area contributed by atoms with E-state index in [1.54, 1.807) is 11.0 Å². The molecule has 7 heteroatoms. The van der Waals surface area contributed by atoms with Crippen LogP contribution in [-0.4, -0.2) is 30.7 Å². The van der Waals surface area contributed by atoms with E-state index in [-0.39, 0.29) is 22.7 Å². The predicted octanol–water partition coefficient (Wildman–Crippen LogP) is 6.64. The van der Waals surface area contributed by atoms with E-state index in [1.807, 2.05) is 12.1 Å². The normalized spacial score (nSPS) is 23.6. The van der Waals surface area contributed by atoms with Gasteiger partial charge in [-0.05, 0) is 96.7 Å². The molecular weight excluding hydrogens is 458 g/mol. The Morgan fingerprint density at radius 1 is 1.24 bits per heavy atom. The molecule has 1 saturated heterocycles. The maximum Gasteiger partial charge on any atom is 0.409 e. The molecule has 34 heavy (non-hydrogen) atoms. The molecule has 1 amide bonds. The number of likely N-dealkylation sites (tertiary alicyclic amines) is 1. The molecule has 1 aliphatic heterocycles. The van der Waals surface area contributed by atoms with Crippen molar-refractivity contribution < 1.29 is 18.3 Å². The third-order valence-corrected chi connectivity index (χ3v) is 8.03. The number of aryl methyl sites for hydroxylation is 1. The second-order valence-corrected chi connectivity index (χ2v) is 10.9. The quantitative estimate of drug-likeness (QED) is 0.422. The van der Waals surface area contributed by atoms with Crippen LogP contribution in [0.25, 0.3) is 0 Å². The van der Waals surface area contributed by atoms with Crippen LogP contribution >= 0.6 is 11.6 Å². The van der Waals surface area contributed by atoms with Crippen LogP contribution in [-0.2, 0) is 17.6 Å². The van der Waals surface area contributed by atoms with Crippen molar-refractivity contribution in [2.75, 3.05) is 25.4 Å². The summed E-state index contributed by atoms with van der Waals surface area (Å²) in [5.74, 6) is -0.355. The van der Waals surface area contributed by atoms with Crippen molar-refractivity contribution in [3.63, 3.8) is 0 Å². The number of benzene rings is 2. The summed E-state index contributed by atoms with van der Waals surface area (Å²) in [6, 6.07) is 9.27. The van der Waals surface area contributed by atoms with E-state index in [1.165, 1.54) is 12.1 Å². The lowest BCUT2D eigenvalue weighted by Gasteiger charge is -2.24. The number of nitrogens with two attached hydrogens (primary N) is 1. The maximum absolute atomic E-state index is 14.6. The zero-order valence-electron chi connectivity index (χ0n) is 19.9. The first-order chi connectivity index (χ1) is 16.1. The monoisotopic (exact) mass is 490 g/mol. The van der Waals surface area contributed by atoms with Gasteiger partial charge in [-0.2, -0.15) is 0 Å². The lowest BCUT2D eigenvalue weighted by Crippen LogP contribution is -2.31. The topological polar surface area (TPSA) is 55.6 Å². The Morgan fingerprint density at radius 2 is 2.03 bits per heavy atom. The van der Waals surface area contributed by atoms with Gasteiger partial charge in [-0.1, -0.05) is 31.5 Å². The first kappa shape index (κ1) is 24.8. The summed E-state index contributed by atoms with van der Waals surface area (Å²) in [7, 11) is 0. The first-order valence-corrected chi connectivity index (χ1v) is 12.4. The summed E-state index contributed by atoms with van der Waals surface area (Å²) in [4.78, 5) is 14.4. The average molecular weight is 491 g/mol. The highest BCUT2D eigenvalue weighted by Crippen LogP contribution is 2.71. The third-order valence-electron chi connectivity index (χ3n) is 7.70. The molecular formula is C27H33ClF2N2O2. The zero-order chi connectivity index (χ0) is 24.5. The number of hydrogen-bond acceptors (Lipinski definition) is 3. The van der Waals surface area contributed by atoms with Crippen LogP contribution in [0.1, 0.15) is 50.7 Å². The molecule has 2 N–H and O–H groups in total. The predicted molar refractivity (Wildman–Crippen MR) is 131 cm³/mol. The second kappa shape index (κ2) is 9.73. The molecule has 0 aromatic heterocycles. The number of nitrogens with zero attached hydrogens (tertiary/aromatic N) is 1. The summed E-state index contributed by atoms with van der Waals surface area (Å²) in [5, 5.41) is 0.518. The van der Waals surface area contributed by atoms with Gasteiger partial charge in [0.1, 0.15) is 11.6 Å². The van der Waals surface area contributed by atoms with Gasteiger partial charge in [-0.3, -0.25) is 0 Å². The van der Waals surface area contributed by atoms with Crippen LogP contribution in [0, 0.1) is 28.4 Å². The minimum absolute atomic E-state index is 0.111. The molecule has 1 aliphatic carbocycles. The van der Waals surface area contributed by atoms with E-state index in [0.717, 1.165) is 43.7 Å². The van der Waals surface area contributed by atoms with Crippen LogP contribution in [0.15, 0.2) is 36.4 Å². The molecule has 2 aromatic carbocycles. The number of rotatable bonds is 8. The van der Waals surface area contributed by atoms with E-state index >= 15 is 0 Å². The van der Waals surface area contributed by atoms with E-state index in [4.69, 9.17) is 22.1 Å². The van der Waals surface area contributed by atoms with Crippen molar-refractivity contribution in [1.29, 1.82) is 0 Å². The van der Waals surface area contributed by atoms with E-state index < -0.39 is 5.82 Å². The first-order valence-electron chi connectivity index (χ1n) is 12.0. The molecule has 4 nitrogen and oxygen atoms in total. The van der Waals surface area contributed by atoms with Gasteiger partial charge < -0.3 is 15.4 Å². The molecule has 4 rings (SSSR count). The number of nitrogen functional groups attached to an aromatic ring is 1. The van der Waals surface area contributed by atoms with Crippen LogP contribution in [0.5, 0.6) is 0 Å². The zero-order valence-corrected chi connectivity index (χ0v) is 20.6. The van der Waals surface area contributed by atoms with Crippen molar-refractivity contribution >= 4 is 23.4 Å². The fourth-order valence-electron chi connectivity index (χ4n) is 5.53. The molecule has 0 bridgehead atoms. The molecule has 184 valence electrons. The van der Waals surface area contributed by atoms with Gasteiger partial charge in [0.25, 0.3) is 0 Å². The summed E-state index contributed by atoms with van der Waals surface area (Å²) in [5.41, 5.74) is 7.50. The van der Waals surface area contributed by atoms with Gasteiger partial charge in [-0.25, -0.2) is 13.6 Å². The third kappa shape index (κ3) is 5.17. The number of anilines is 1. The fraction of sp³-hybridized carbons (Fsp3) is 0.519. The van der Waals surface area contributed by atoms with Crippen molar-refractivity contribution in [3.05, 3.63) is 64.2 Å². The molecule has 0 radical (unpaired) electrons. The number of ether oxygens (including phenoxy) is 1. The van der Waals surface area contributed by atoms with E-state index in [2.05, 4.69) is 13.8 Å². The highest BCUT2D eigenvalue weighted by molar-refractivity contribution is 6.33. The Bertz CT molecular complexity index is 1060. The molecule has 2 fully saturated rings. The SMILES string of the molecule is CC(C)CCOC(=O)N1CCC2(C1)C[C@@]2(CCc1ccc(N)c(Cl)c1)Cc1cc(F)ccc1F. The summed E-state index contributed by atoms with van der Waals surface area (Å²) in [6.45, 7) is 5.82. The molecule has 2 aromatic rings. The molecule has 2 atom stereocenters. The molecule has 1 saturated carbocycles. The summed E-state index contributed by atoms with van der Waals surface area (Å²) >= 11 is 6.21. The van der Waals surface area contributed by atoms with Gasteiger partial charge in [0.15, 0.2) is 0 Å². The highest BCUT2D eigenvalue weighted by atomic mass is 35.5. The lowest BCUT2D eigenvalue weighted by molar-refractivity contribution is 0.103. The number of hydrogen-bond donors (Lipinski definition) is 1. The van der Waals surface area contributed by atoms with Crippen molar-refractivity contribution in [2.24, 2.45) is 16.7 Å². The largest absolute Gasteiger partial charge is 0.449 e. The smallest absolute Gasteiger partial charge is 0.409 e. The van der Waals surface area contributed by atoms with Gasteiger partial charge in [0, 0.05) is 13.1 Å². The van der Waals surface area contributed by atoms with Gasteiger partial charge in [0.05, 0.1) is 17.3 Å². The number of amides is 1. The summed E-state index contributed by atoms with van der Waals surface area (Å²) in [6.07, 6.45) is 4.24. The summed E-state index contributed by atoms with van der Waals surface area (Å²) < 4.78 is 34.0. The van der Waals surface area contributed by atoms with Crippen molar-refractivity contribution in [1.82, 2.24) is 4.90 Å². The van der Waals surface area contributed by atoms with E-state index in [0.29, 0.717) is 48.3 Å². The van der Waals surface area contributed by atoms with Gasteiger partial charge in [-0.15, -0.1) is 0 Å². The average Bonchev–Trinajstić information content (AvgIpc) is 3.15. The highest BCUT2D eigenvalue weighted by Gasteiger charge is 2.68. The minimum Gasteiger partial charge on any atom is -0.449 e. The number of carbonyl (C=O) groups excluding carboxylic acids is 1. The van der Waals surface area contributed by atoms with Crippen molar-refractivity contribution in [3.8, 4) is 0 Å². The molecule has 1 heterocycles. The molecule has 1 spiro atoms. The number of halogens is 3. The van der Waals surface area contributed by atoms with Crippen LogP contribution < -0.4 is 5.73 Å². The Hall–Kier alpha value is -2.34. The van der Waals surface area contributed by atoms with Gasteiger partial charge in [0.2, 0.25) is 0 Å². The second-order valence-electron chi connectivity index (χ2n) is 10.5. The maximum atomic E-state index is 14.6.